The first-order valence-corrected chi connectivity index (χ1v) is 11.1. The van der Waals surface area contributed by atoms with E-state index in [-0.39, 0.29) is 43.0 Å². The third-order valence-corrected chi connectivity index (χ3v) is 6.13. The Labute approximate surface area is 180 Å². The fourth-order valence-electron chi connectivity index (χ4n) is 3.58. The lowest BCUT2D eigenvalue weighted by Gasteiger charge is -2.37. The molecule has 2 heterocycles. The van der Waals surface area contributed by atoms with Crippen molar-refractivity contribution in [3.05, 3.63) is 52.0 Å². The van der Waals surface area contributed by atoms with Gasteiger partial charge in [0.1, 0.15) is 24.7 Å². The van der Waals surface area contributed by atoms with Gasteiger partial charge in [-0.25, -0.2) is 9.18 Å². The van der Waals surface area contributed by atoms with E-state index in [0.717, 1.165) is 12.0 Å². The molecule has 3 amide bonds. The Morgan fingerprint density at radius 3 is 2.87 bits per heavy atom. The number of thiophene rings is 1. The molecule has 162 valence electrons. The molecule has 1 aromatic heterocycles. The normalized spacial score (nSPS) is 15.6. The van der Waals surface area contributed by atoms with Crippen LogP contribution in [0.15, 0.2) is 35.7 Å². The number of nitrogens with zero attached hydrogens (tertiary/aromatic N) is 2. The van der Waals surface area contributed by atoms with Crippen LogP contribution in [0, 0.1) is 5.82 Å². The van der Waals surface area contributed by atoms with Gasteiger partial charge in [-0.2, -0.15) is 0 Å². The zero-order valence-corrected chi connectivity index (χ0v) is 18.4. The molecule has 8 heteroatoms. The number of hydrogen-bond acceptors (Lipinski definition) is 4. The maximum atomic E-state index is 13.5. The Balaban J connectivity index is 1.77. The Kier molecular flexibility index (Phi) is 7.31. The highest BCUT2D eigenvalue weighted by Gasteiger charge is 2.34. The molecule has 1 N–H and O–H groups in total. The van der Waals surface area contributed by atoms with Crippen LogP contribution in [0.5, 0.6) is 5.75 Å². The van der Waals surface area contributed by atoms with Gasteiger partial charge in [0, 0.05) is 30.1 Å². The van der Waals surface area contributed by atoms with E-state index < -0.39 is 0 Å². The van der Waals surface area contributed by atoms with Gasteiger partial charge in [0.2, 0.25) is 5.91 Å². The van der Waals surface area contributed by atoms with Gasteiger partial charge in [0.25, 0.3) is 0 Å². The van der Waals surface area contributed by atoms with Gasteiger partial charge < -0.3 is 19.9 Å². The molecule has 2 aromatic rings. The van der Waals surface area contributed by atoms with Crippen LogP contribution in [-0.2, 0) is 11.2 Å². The van der Waals surface area contributed by atoms with Crippen molar-refractivity contribution in [1.29, 1.82) is 0 Å². The lowest BCUT2D eigenvalue weighted by molar-refractivity contribution is -0.135. The molecule has 0 radical (unpaired) electrons. The third kappa shape index (κ3) is 5.11. The number of hydrogen-bond donors (Lipinski definition) is 1. The summed E-state index contributed by atoms with van der Waals surface area (Å²) < 4.78 is 19.3. The molecule has 6 nitrogen and oxygen atoms in total. The van der Waals surface area contributed by atoms with E-state index in [4.69, 9.17) is 4.74 Å². The lowest BCUT2D eigenvalue weighted by atomic mass is 10.0. The smallest absolute Gasteiger partial charge is 0.318 e. The minimum Gasteiger partial charge on any atom is -0.491 e. The first kappa shape index (κ1) is 22.1. The van der Waals surface area contributed by atoms with E-state index in [1.165, 1.54) is 17.0 Å². The van der Waals surface area contributed by atoms with Gasteiger partial charge in [-0.1, -0.05) is 6.07 Å². The molecule has 1 atom stereocenters. The highest BCUT2D eigenvalue weighted by molar-refractivity contribution is 7.10. The number of benzene rings is 1. The van der Waals surface area contributed by atoms with Crippen molar-refractivity contribution >= 4 is 23.3 Å². The highest BCUT2D eigenvalue weighted by Crippen LogP contribution is 2.34. The van der Waals surface area contributed by atoms with Gasteiger partial charge >= 0.3 is 6.03 Å². The number of rotatable bonds is 7. The second-order valence-electron chi connectivity index (χ2n) is 7.48. The van der Waals surface area contributed by atoms with Crippen LogP contribution in [-0.4, -0.2) is 54.0 Å². The fraction of sp³-hybridized carbons (Fsp3) is 0.455. The average molecular weight is 434 g/mol. The van der Waals surface area contributed by atoms with E-state index in [2.05, 4.69) is 5.32 Å². The van der Waals surface area contributed by atoms with Crippen molar-refractivity contribution in [3.8, 4) is 5.75 Å². The van der Waals surface area contributed by atoms with Crippen LogP contribution in [0.2, 0.25) is 0 Å². The van der Waals surface area contributed by atoms with Crippen LogP contribution in [0.3, 0.4) is 0 Å². The standard InChI is InChI=1S/C22H28FN3O3S/c1-4-24-22(28)26(15(2)3)13-21(27)25-10-8-20-18(9-11-30-20)19(25)14-29-17-7-5-6-16(23)12-17/h5-7,9,11-12,15,19H,4,8,10,13-14H2,1-3H3,(H,24,28)/t19-/m1/s1. The molecule has 3 rings (SSSR count). The Hall–Kier alpha value is -2.61. The van der Waals surface area contributed by atoms with Crippen molar-refractivity contribution in [2.24, 2.45) is 0 Å². The Morgan fingerprint density at radius 2 is 2.17 bits per heavy atom. The molecule has 1 aliphatic rings. The minimum absolute atomic E-state index is 0.000560. The molecular formula is C22H28FN3O3S. The summed E-state index contributed by atoms with van der Waals surface area (Å²) in [7, 11) is 0. The molecule has 0 saturated carbocycles. The van der Waals surface area contributed by atoms with Crippen molar-refractivity contribution < 1.29 is 18.7 Å². The number of carbonyl (C=O) groups is 2. The Bertz CT molecular complexity index is 886. The summed E-state index contributed by atoms with van der Waals surface area (Å²) in [5.74, 6) is -0.0645. The summed E-state index contributed by atoms with van der Waals surface area (Å²) in [6, 6.07) is 7.37. The van der Waals surface area contributed by atoms with E-state index >= 15 is 0 Å². The zero-order valence-electron chi connectivity index (χ0n) is 17.6. The second kappa shape index (κ2) is 9.93. The number of halogens is 1. The molecule has 0 fully saturated rings. The van der Waals surface area contributed by atoms with Crippen LogP contribution in [0.4, 0.5) is 9.18 Å². The van der Waals surface area contributed by atoms with Gasteiger partial charge in [0.05, 0.1) is 6.04 Å². The summed E-state index contributed by atoms with van der Waals surface area (Å²) in [6.07, 6.45) is 0.776. The fourth-order valence-corrected chi connectivity index (χ4v) is 4.51. The number of urea groups is 1. The van der Waals surface area contributed by atoms with Gasteiger partial charge in [-0.3, -0.25) is 4.79 Å². The number of carbonyl (C=O) groups excluding carboxylic acids is 2. The quantitative estimate of drug-likeness (QED) is 0.722. The minimum atomic E-state index is -0.366. The molecule has 1 aliphatic heterocycles. The maximum Gasteiger partial charge on any atom is 0.318 e. The van der Waals surface area contributed by atoms with Gasteiger partial charge in [-0.05, 0) is 56.3 Å². The van der Waals surface area contributed by atoms with E-state index in [1.807, 2.05) is 32.2 Å². The van der Waals surface area contributed by atoms with Crippen molar-refractivity contribution in [1.82, 2.24) is 15.1 Å². The highest BCUT2D eigenvalue weighted by atomic mass is 32.1. The number of amides is 3. The summed E-state index contributed by atoms with van der Waals surface area (Å²) >= 11 is 1.67. The summed E-state index contributed by atoms with van der Waals surface area (Å²) in [5.41, 5.74) is 1.06. The number of fused-ring (bicyclic) bond motifs is 1. The summed E-state index contributed by atoms with van der Waals surface area (Å²) in [4.78, 5) is 30.1. The molecule has 30 heavy (non-hydrogen) atoms. The van der Waals surface area contributed by atoms with Crippen LogP contribution in [0.25, 0.3) is 0 Å². The van der Waals surface area contributed by atoms with Crippen LogP contribution >= 0.6 is 11.3 Å². The van der Waals surface area contributed by atoms with Crippen molar-refractivity contribution in [2.75, 3.05) is 26.2 Å². The first-order valence-electron chi connectivity index (χ1n) is 10.2. The van der Waals surface area contributed by atoms with Crippen LogP contribution in [0.1, 0.15) is 37.3 Å². The van der Waals surface area contributed by atoms with Crippen molar-refractivity contribution in [3.63, 3.8) is 0 Å². The van der Waals surface area contributed by atoms with Crippen LogP contribution < -0.4 is 10.1 Å². The SMILES string of the molecule is CCNC(=O)N(CC(=O)N1CCc2sccc2[C@H]1COc1cccc(F)c1)C(C)C. The number of nitrogens with one attached hydrogen (secondary N) is 1. The van der Waals surface area contributed by atoms with Gasteiger partial charge in [0.15, 0.2) is 0 Å². The third-order valence-electron chi connectivity index (χ3n) is 5.14. The number of ether oxygens (including phenoxy) is 1. The molecular weight excluding hydrogens is 405 g/mol. The van der Waals surface area contributed by atoms with E-state index in [0.29, 0.717) is 18.8 Å². The second-order valence-corrected chi connectivity index (χ2v) is 8.48. The monoisotopic (exact) mass is 433 g/mol. The first-order chi connectivity index (χ1) is 14.4. The average Bonchev–Trinajstić information content (AvgIpc) is 3.19. The predicted octanol–water partition coefficient (Wildman–Crippen LogP) is 3.83. The van der Waals surface area contributed by atoms with E-state index in [1.54, 1.807) is 33.3 Å². The molecule has 1 aromatic carbocycles. The molecule has 0 spiro atoms. The zero-order chi connectivity index (χ0) is 21.7. The molecule has 0 aliphatic carbocycles. The topological polar surface area (TPSA) is 61.9 Å². The largest absolute Gasteiger partial charge is 0.491 e. The van der Waals surface area contributed by atoms with E-state index in [9.17, 15) is 14.0 Å². The van der Waals surface area contributed by atoms with Crippen molar-refractivity contribution in [2.45, 2.75) is 39.3 Å². The lowest BCUT2D eigenvalue weighted by Crippen LogP contribution is -2.51. The Morgan fingerprint density at radius 1 is 1.37 bits per heavy atom. The molecule has 0 unspecified atom stereocenters. The molecule has 0 bridgehead atoms. The maximum absolute atomic E-state index is 13.5. The molecule has 0 saturated heterocycles. The summed E-state index contributed by atoms with van der Waals surface area (Å²) in [5, 5.41) is 4.78. The summed E-state index contributed by atoms with van der Waals surface area (Å²) in [6.45, 7) is 6.91. The predicted molar refractivity (Wildman–Crippen MR) is 115 cm³/mol. The van der Waals surface area contributed by atoms with Gasteiger partial charge in [-0.15, -0.1) is 11.3 Å².